The highest BCUT2D eigenvalue weighted by Gasteiger charge is 2.37. The quantitative estimate of drug-likeness (QED) is 0.497. The van der Waals surface area contributed by atoms with Crippen LogP contribution < -0.4 is 10.5 Å². The van der Waals surface area contributed by atoms with Crippen molar-refractivity contribution in [2.24, 2.45) is 5.73 Å². The summed E-state index contributed by atoms with van der Waals surface area (Å²) in [5.41, 5.74) is 7.27. The third kappa shape index (κ3) is 5.20. The summed E-state index contributed by atoms with van der Waals surface area (Å²) in [4.78, 5) is 38.0. The molecular formula is C23H27N3O7S. The lowest BCUT2D eigenvalue weighted by Gasteiger charge is -2.24. The molecule has 0 fully saturated rings. The fourth-order valence-corrected chi connectivity index (χ4v) is 4.55. The number of carbonyl (C=O) groups excluding carboxylic acids is 3. The van der Waals surface area contributed by atoms with Gasteiger partial charge < -0.3 is 20.1 Å². The molecule has 10 nitrogen and oxygen atoms in total. The van der Waals surface area contributed by atoms with Crippen LogP contribution in [-0.4, -0.2) is 62.7 Å². The van der Waals surface area contributed by atoms with Crippen molar-refractivity contribution in [2.45, 2.75) is 36.9 Å². The summed E-state index contributed by atoms with van der Waals surface area (Å²) in [6.07, 6.45) is 0.00720. The Morgan fingerprint density at radius 3 is 2.41 bits per heavy atom. The van der Waals surface area contributed by atoms with Gasteiger partial charge in [-0.15, -0.1) is 0 Å². The van der Waals surface area contributed by atoms with Gasteiger partial charge in [-0.05, 0) is 36.2 Å². The normalized spacial score (nSPS) is 14.1. The van der Waals surface area contributed by atoms with Crippen molar-refractivity contribution in [1.82, 2.24) is 9.21 Å². The number of rotatable bonds is 10. The Morgan fingerprint density at radius 1 is 1.15 bits per heavy atom. The molecule has 0 saturated carbocycles. The number of nitrogens with zero attached hydrogens (tertiary/aromatic N) is 2. The standard InChI is InChI=1S/C23H27N3O7S/c1-25(2)34(30,31)16-9-7-15(8-10-16)14-33-20-6-4-5-17-18(20)13-26(23(17)29)19(22(24)28)11-12-21(27)32-3/h4-10,19H,11-14H2,1-3H3,(H2,24,28). The number of esters is 1. The number of methoxy groups -OCH3 is 1. The number of carbonyl (C=O) groups is 3. The molecule has 0 aromatic heterocycles. The van der Waals surface area contributed by atoms with Gasteiger partial charge in [-0.25, -0.2) is 12.7 Å². The SMILES string of the molecule is COC(=O)CCC(C(N)=O)N1Cc2c(OCc3ccc(S(=O)(=O)N(C)C)cc3)cccc2C1=O. The summed E-state index contributed by atoms with van der Waals surface area (Å²) in [5.74, 6) is -1.11. The summed E-state index contributed by atoms with van der Waals surface area (Å²) in [6, 6.07) is 10.4. The van der Waals surface area contributed by atoms with E-state index in [-0.39, 0.29) is 36.8 Å². The number of nitrogens with two attached hydrogens (primary N) is 1. The zero-order valence-electron chi connectivity index (χ0n) is 19.2. The summed E-state index contributed by atoms with van der Waals surface area (Å²) in [6.45, 7) is 0.258. The van der Waals surface area contributed by atoms with E-state index >= 15 is 0 Å². The molecule has 2 aromatic rings. The van der Waals surface area contributed by atoms with Crippen molar-refractivity contribution < 1.29 is 32.3 Å². The van der Waals surface area contributed by atoms with Crippen LogP contribution in [0.5, 0.6) is 5.75 Å². The van der Waals surface area contributed by atoms with Gasteiger partial charge >= 0.3 is 5.97 Å². The second-order valence-electron chi connectivity index (χ2n) is 7.97. The largest absolute Gasteiger partial charge is 0.489 e. The first-order chi connectivity index (χ1) is 16.1. The third-order valence-corrected chi connectivity index (χ3v) is 7.43. The van der Waals surface area contributed by atoms with Gasteiger partial charge in [0.2, 0.25) is 15.9 Å². The number of sulfonamides is 1. The maximum absolute atomic E-state index is 13.0. The second-order valence-corrected chi connectivity index (χ2v) is 10.1. The molecule has 1 atom stereocenters. The van der Waals surface area contributed by atoms with Crippen molar-refractivity contribution in [3.63, 3.8) is 0 Å². The van der Waals surface area contributed by atoms with Crippen molar-refractivity contribution in [2.75, 3.05) is 21.2 Å². The fraction of sp³-hybridized carbons (Fsp3) is 0.348. The molecule has 1 heterocycles. The van der Waals surface area contributed by atoms with E-state index < -0.39 is 27.9 Å². The molecule has 34 heavy (non-hydrogen) atoms. The van der Waals surface area contributed by atoms with Gasteiger partial charge in [-0.1, -0.05) is 18.2 Å². The molecule has 2 N–H and O–H groups in total. The highest BCUT2D eigenvalue weighted by atomic mass is 32.2. The zero-order valence-corrected chi connectivity index (χ0v) is 20.0. The first-order valence-corrected chi connectivity index (χ1v) is 11.9. The fourth-order valence-electron chi connectivity index (χ4n) is 3.65. The van der Waals surface area contributed by atoms with Gasteiger partial charge in [-0.3, -0.25) is 14.4 Å². The predicted molar refractivity (Wildman–Crippen MR) is 122 cm³/mol. The first kappa shape index (κ1) is 25.2. The number of hydrogen-bond acceptors (Lipinski definition) is 7. The van der Waals surface area contributed by atoms with Crippen LogP contribution in [0.25, 0.3) is 0 Å². The summed E-state index contributed by atoms with van der Waals surface area (Å²) >= 11 is 0. The number of hydrogen-bond donors (Lipinski definition) is 1. The second kappa shape index (κ2) is 10.2. The van der Waals surface area contributed by atoms with Gasteiger partial charge in [0.15, 0.2) is 0 Å². The molecule has 0 radical (unpaired) electrons. The molecule has 1 aliphatic heterocycles. The first-order valence-electron chi connectivity index (χ1n) is 10.5. The van der Waals surface area contributed by atoms with Crippen LogP contribution >= 0.6 is 0 Å². The maximum atomic E-state index is 13.0. The zero-order chi connectivity index (χ0) is 25.0. The van der Waals surface area contributed by atoms with Gasteiger partial charge in [-0.2, -0.15) is 0 Å². The molecule has 3 rings (SSSR count). The molecule has 2 aromatic carbocycles. The lowest BCUT2D eigenvalue weighted by molar-refractivity contribution is -0.141. The Bertz CT molecular complexity index is 1190. The monoisotopic (exact) mass is 489 g/mol. The summed E-state index contributed by atoms with van der Waals surface area (Å²) in [5, 5.41) is 0. The predicted octanol–water partition coefficient (Wildman–Crippen LogP) is 1.28. The smallest absolute Gasteiger partial charge is 0.305 e. The van der Waals surface area contributed by atoms with E-state index in [0.29, 0.717) is 16.9 Å². The molecule has 0 aliphatic carbocycles. The van der Waals surface area contributed by atoms with E-state index in [9.17, 15) is 22.8 Å². The Morgan fingerprint density at radius 2 is 1.82 bits per heavy atom. The molecule has 0 spiro atoms. The minimum Gasteiger partial charge on any atom is -0.489 e. The Hall–Kier alpha value is -3.44. The molecule has 11 heteroatoms. The Kier molecular flexibility index (Phi) is 7.57. The lowest BCUT2D eigenvalue weighted by atomic mass is 10.1. The van der Waals surface area contributed by atoms with Crippen LogP contribution in [-0.2, 0) is 37.5 Å². The van der Waals surface area contributed by atoms with Gasteiger partial charge in [0.25, 0.3) is 5.91 Å². The van der Waals surface area contributed by atoms with E-state index in [1.165, 1.54) is 38.2 Å². The summed E-state index contributed by atoms with van der Waals surface area (Å²) < 4.78 is 36.1. The van der Waals surface area contributed by atoms with Crippen molar-refractivity contribution in [3.05, 3.63) is 59.2 Å². The number of amides is 2. The molecule has 1 aliphatic rings. The highest BCUT2D eigenvalue weighted by molar-refractivity contribution is 7.89. The molecule has 182 valence electrons. The molecule has 0 saturated heterocycles. The topological polar surface area (TPSA) is 136 Å². The number of primary amides is 1. The average Bonchev–Trinajstić information content (AvgIpc) is 3.14. The van der Waals surface area contributed by atoms with E-state index in [1.807, 2.05) is 0 Å². The lowest BCUT2D eigenvalue weighted by Crippen LogP contribution is -2.45. The highest BCUT2D eigenvalue weighted by Crippen LogP contribution is 2.33. The molecule has 1 unspecified atom stereocenters. The third-order valence-electron chi connectivity index (χ3n) is 5.60. The summed E-state index contributed by atoms with van der Waals surface area (Å²) in [7, 11) is 0.648. The van der Waals surface area contributed by atoms with E-state index in [4.69, 9.17) is 10.5 Å². The Balaban J connectivity index is 1.75. The molecule has 0 bridgehead atoms. The average molecular weight is 490 g/mol. The van der Waals surface area contributed by atoms with Crippen molar-refractivity contribution >= 4 is 27.8 Å². The minimum atomic E-state index is -3.53. The molecular weight excluding hydrogens is 462 g/mol. The maximum Gasteiger partial charge on any atom is 0.305 e. The number of benzene rings is 2. The Labute approximate surface area is 198 Å². The minimum absolute atomic E-state index is 0.0485. The number of fused-ring (bicyclic) bond motifs is 1. The van der Waals surface area contributed by atoms with Crippen LogP contribution in [0.2, 0.25) is 0 Å². The van der Waals surface area contributed by atoms with Crippen molar-refractivity contribution in [3.8, 4) is 5.75 Å². The van der Waals surface area contributed by atoms with E-state index in [2.05, 4.69) is 4.74 Å². The number of ether oxygens (including phenoxy) is 2. The van der Waals surface area contributed by atoms with Crippen LogP contribution in [0.15, 0.2) is 47.4 Å². The van der Waals surface area contributed by atoms with Gasteiger partial charge in [0.05, 0.1) is 18.6 Å². The van der Waals surface area contributed by atoms with E-state index in [0.717, 1.165) is 9.87 Å². The van der Waals surface area contributed by atoms with Crippen molar-refractivity contribution in [1.29, 1.82) is 0 Å². The van der Waals surface area contributed by atoms with Crippen LogP contribution in [0.4, 0.5) is 0 Å². The van der Waals surface area contributed by atoms with Crippen LogP contribution in [0.3, 0.4) is 0 Å². The van der Waals surface area contributed by atoms with Gasteiger partial charge in [0, 0.05) is 31.6 Å². The van der Waals surface area contributed by atoms with Crippen LogP contribution in [0, 0.1) is 0 Å². The van der Waals surface area contributed by atoms with Gasteiger partial charge in [0.1, 0.15) is 18.4 Å². The molecule has 2 amide bonds. The van der Waals surface area contributed by atoms with E-state index in [1.54, 1.807) is 30.3 Å². The van der Waals surface area contributed by atoms with Crippen LogP contribution in [0.1, 0.15) is 34.3 Å².